The third kappa shape index (κ3) is 5.88. The zero-order chi connectivity index (χ0) is 11.8. The van der Waals surface area contributed by atoms with Crippen LogP contribution in [0.25, 0.3) is 0 Å². The fourth-order valence-corrected chi connectivity index (χ4v) is 1.09. The lowest BCUT2D eigenvalue weighted by Gasteiger charge is -2.16. The van der Waals surface area contributed by atoms with E-state index in [1.807, 2.05) is 0 Å². The molecule has 4 heteroatoms. The van der Waals surface area contributed by atoms with Gasteiger partial charge in [0.2, 0.25) is 11.8 Å². The Labute approximate surface area is 90.9 Å². The van der Waals surface area contributed by atoms with Crippen LogP contribution in [0.5, 0.6) is 0 Å². The SMILES string of the molecule is C=CCCC[C@@H](NC(=O)C(C)C)C(N)=O. The maximum atomic E-state index is 11.4. The van der Waals surface area contributed by atoms with Crippen LogP contribution in [0.1, 0.15) is 33.1 Å². The number of rotatable bonds is 7. The van der Waals surface area contributed by atoms with E-state index < -0.39 is 11.9 Å². The maximum Gasteiger partial charge on any atom is 0.239 e. The Morgan fingerprint density at radius 1 is 1.47 bits per heavy atom. The van der Waals surface area contributed by atoms with Gasteiger partial charge in [-0.05, 0) is 19.3 Å². The lowest BCUT2D eigenvalue weighted by molar-refractivity contribution is -0.129. The minimum atomic E-state index is -0.556. The first-order chi connectivity index (χ1) is 6.99. The first-order valence-electron chi connectivity index (χ1n) is 5.19. The molecular weight excluding hydrogens is 192 g/mol. The highest BCUT2D eigenvalue weighted by Crippen LogP contribution is 2.02. The van der Waals surface area contributed by atoms with Gasteiger partial charge in [-0.15, -0.1) is 6.58 Å². The van der Waals surface area contributed by atoms with Crippen molar-refractivity contribution in [3.63, 3.8) is 0 Å². The van der Waals surface area contributed by atoms with Crippen LogP contribution in [0.3, 0.4) is 0 Å². The summed E-state index contributed by atoms with van der Waals surface area (Å²) in [6.07, 6.45) is 3.97. The van der Waals surface area contributed by atoms with Crippen molar-refractivity contribution in [1.29, 1.82) is 0 Å². The molecule has 86 valence electrons. The van der Waals surface area contributed by atoms with Crippen LogP contribution in [-0.2, 0) is 9.59 Å². The highest BCUT2D eigenvalue weighted by molar-refractivity contribution is 5.87. The number of hydrogen-bond acceptors (Lipinski definition) is 2. The summed E-state index contributed by atoms with van der Waals surface area (Å²) in [4.78, 5) is 22.4. The Bertz CT molecular complexity index is 237. The third-order valence-electron chi connectivity index (χ3n) is 2.09. The van der Waals surface area contributed by atoms with E-state index >= 15 is 0 Å². The van der Waals surface area contributed by atoms with Crippen molar-refractivity contribution in [3.8, 4) is 0 Å². The number of nitrogens with one attached hydrogen (secondary N) is 1. The summed E-state index contributed by atoms with van der Waals surface area (Å²) < 4.78 is 0. The minimum Gasteiger partial charge on any atom is -0.368 e. The molecule has 0 spiro atoms. The molecule has 0 aromatic carbocycles. The summed E-state index contributed by atoms with van der Waals surface area (Å²) in [5, 5.41) is 2.63. The van der Waals surface area contributed by atoms with Crippen molar-refractivity contribution in [2.45, 2.75) is 39.2 Å². The van der Waals surface area contributed by atoms with Gasteiger partial charge in [0.1, 0.15) is 6.04 Å². The van der Waals surface area contributed by atoms with Gasteiger partial charge in [0.05, 0.1) is 0 Å². The van der Waals surface area contributed by atoms with E-state index in [4.69, 9.17) is 5.73 Å². The quantitative estimate of drug-likeness (QED) is 0.487. The molecule has 0 saturated carbocycles. The Morgan fingerprint density at radius 2 is 2.07 bits per heavy atom. The third-order valence-corrected chi connectivity index (χ3v) is 2.09. The maximum absolute atomic E-state index is 11.4. The lowest BCUT2D eigenvalue weighted by atomic mass is 10.1. The zero-order valence-electron chi connectivity index (χ0n) is 9.45. The Morgan fingerprint density at radius 3 is 2.47 bits per heavy atom. The molecule has 0 radical (unpaired) electrons. The van der Waals surface area contributed by atoms with Crippen molar-refractivity contribution in [3.05, 3.63) is 12.7 Å². The molecule has 3 N–H and O–H groups in total. The first kappa shape index (κ1) is 13.7. The van der Waals surface area contributed by atoms with Crippen LogP contribution in [-0.4, -0.2) is 17.9 Å². The second kappa shape index (κ2) is 7.04. The molecular formula is C11H20N2O2. The van der Waals surface area contributed by atoms with Gasteiger partial charge in [-0.2, -0.15) is 0 Å². The number of hydrogen-bond donors (Lipinski definition) is 2. The van der Waals surface area contributed by atoms with Crippen LogP contribution in [0.4, 0.5) is 0 Å². The molecule has 0 aliphatic carbocycles. The van der Waals surface area contributed by atoms with E-state index in [1.54, 1.807) is 19.9 Å². The molecule has 0 bridgehead atoms. The van der Waals surface area contributed by atoms with Crippen molar-refractivity contribution in [1.82, 2.24) is 5.32 Å². The van der Waals surface area contributed by atoms with E-state index in [2.05, 4.69) is 11.9 Å². The topological polar surface area (TPSA) is 72.2 Å². The van der Waals surface area contributed by atoms with Crippen LogP contribution in [0.15, 0.2) is 12.7 Å². The number of amides is 2. The smallest absolute Gasteiger partial charge is 0.239 e. The van der Waals surface area contributed by atoms with Crippen molar-refractivity contribution >= 4 is 11.8 Å². The van der Waals surface area contributed by atoms with Crippen LogP contribution >= 0.6 is 0 Å². The number of allylic oxidation sites excluding steroid dienone is 1. The number of unbranched alkanes of at least 4 members (excludes halogenated alkanes) is 1. The van der Waals surface area contributed by atoms with Crippen molar-refractivity contribution in [2.75, 3.05) is 0 Å². The largest absolute Gasteiger partial charge is 0.368 e. The molecule has 0 heterocycles. The highest BCUT2D eigenvalue weighted by Gasteiger charge is 2.18. The molecule has 1 atom stereocenters. The Kier molecular flexibility index (Phi) is 6.42. The van der Waals surface area contributed by atoms with Gasteiger partial charge in [-0.25, -0.2) is 0 Å². The summed E-state index contributed by atoms with van der Waals surface area (Å²) in [7, 11) is 0. The predicted octanol–water partition coefficient (Wildman–Crippen LogP) is 0.969. The molecule has 2 amide bonds. The van der Waals surface area contributed by atoms with Gasteiger partial charge in [0.15, 0.2) is 0 Å². The van der Waals surface area contributed by atoms with E-state index in [9.17, 15) is 9.59 Å². The second-order valence-electron chi connectivity index (χ2n) is 3.84. The van der Waals surface area contributed by atoms with Gasteiger partial charge in [0.25, 0.3) is 0 Å². The summed E-state index contributed by atoms with van der Waals surface area (Å²) >= 11 is 0. The van der Waals surface area contributed by atoms with Gasteiger partial charge in [0, 0.05) is 5.92 Å². The summed E-state index contributed by atoms with van der Waals surface area (Å²) in [5.74, 6) is -0.753. The minimum absolute atomic E-state index is 0.133. The van der Waals surface area contributed by atoms with Gasteiger partial charge >= 0.3 is 0 Å². The van der Waals surface area contributed by atoms with E-state index in [1.165, 1.54) is 0 Å². The Balaban J connectivity index is 4.10. The van der Waals surface area contributed by atoms with Gasteiger partial charge < -0.3 is 11.1 Å². The zero-order valence-corrected chi connectivity index (χ0v) is 9.45. The Hall–Kier alpha value is -1.32. The number of primary amides is 1. The molecule has 15 heavy (non-hydrogen) atoms. The van der Waals surface area contributed by atoms with Crippen LogP contribution in [0.2, 0.25) is 0 Å². The molecule has 4 nitrogen and oxygen atoms in total. The number of nitrogens with two attached hydrogens (primary N) is 1. The molecule has 0 aromatic heterocycles. The lowest BCUT2D eigenvalue weighted by Crippen LogP contribution is -2.45. The monoisotopic (exact) mass is 212 g/mol. The average molecular weight is 212 g/mol. The molecule has 0 unspecified atom stereocenters. The fraction of sp³-hybridized carbons (Fsp3) is 0.636. The van der Waals surface area contributed by atoms with Crippen LogP contribution < -0.4 is 11.1 Å². The first-order valence-corrected chi connectivity index (χ1v) is 5.19. The average Bonchev–Trinajstić information content (AvgIpc) is 2.15. The second-order valence-corrected chi connectivity index (χ2v) is 3.84. The summed E-state index contributed by atoms with van der Waals surface area (Å²) in [6.45, 7) is 7.14. The molecule has 0 aromatic rings. The van der Waals surface area contributed by atoms with E-state index in [-0.39, 0.29) is 11.8 Å². The van der Waals surface area contributed by atoms with Crippen molar-refractivity contribution in [2.24, 2.45) is 11.7 Å². The molecule has 0 aliphatic heterocycles. The fourth-order valence-electron chi connectivity index (χ4n) is 1.09. The predicted molar refractivity (Wildman–Crippen MR) is 60.0 cm³/mol. The molecule has 0 aliphatic rings. The molecule has 0 rings (SSSR count). The molecule has 0 saturated heterocycles. The van der Waals surface area contributed by atoms with Crippen molar-refractivity contribution < 1.29 is 9.59 Å². The standard InChI is InChI=1S/C11H20N2O2/c1-4-5-6-7-9(10(12)14)13-11(15)8(2)3/h4,8-9H,1,5-7H2,2-3H3,(H2,12,14)(H,13,15)/t9-/m1/s1. The molecule has 0 fully saturated rings. The van der Waals surface area contributed by atoms with Crippen LogP contribution in [0, 0.1) is 5.92 Å². The number of carbonyl (C=O) groups excluding carboxylic acids is 2. The summed E-state index contributed by atoms with van der Waals surface area (Å²) in [5.41, 5.74) is 5.19. The van der Waals surface area contributed by atoms with Gasteiger partial charge in [-0.1, -0.05) is 19.9 Å². The normalized spacial score (nSPS) is 12.2. The van der Waals surface area contributed by atoms with Gasteiger partial charge in [-0.3, -0.25) is 9.59 Å². The highest BCUT2D eigenvalue weighted by atomic mass is 16.2. The number of carbonyl (C=O) groups is 2. The van der Waals surface area contributed by atoms with E-state index in [0.717, 1.165) is 12.8 Å². The van der Waals surface area contributed by atoms with E-state index in [0.29, 0.717) is 6.42 Å². The summed E-state index contributed by atoms with van der Waals surface area (Å²) in [6, 6.07) is -0.556.